The summed E-state index contributed by atoms with van der Waals surface area (Å²) >= 11 is 0. The summed E-state index contributed by atoms with van der Waals surface area (Å²) in [6, 6.07) is 16.4. The molecule has 0 heterocycles. The Bertz CT molecular complexity index is 757. The number of ether oxygens (including phenoxy) is 1. The highest BCUT2D eigenvalue weighted by molar-refractivity contribution is 5.43. The lowest BCUT2D eigenvalue weighted by molar-refractivity contribution is 0.288. The van der Waals surface area contributed by atoms with Crippen LogP contribution in [0.2, 0.25) is 0 Å². The van der Waals surface area contributed by atoms with Crippen LogP contribution < -0.4 is 4.74 Å². The maximum absolute atomic E-state index is 9.66. The first-order valence-corrected chi connectivity index (χ1v) is 9.59. The Morgan fingerprint density at radius 3 is 2.12 bits per heavy atom. The molecule has 26 heavy (non-hydrogen) atoms. The van der Waals surface area contributed by atoms with Crippen LogP contribution in [0, 0.1) is 17.8 Å². The van der Waals surface area contributed by atoms with Crippen molar-refractivity contribution in [3.8, 4) is 23.3 Å². The van der Waals surface area contributed by atoms with E-state index in [-0.39, 0.29) is 11.3 Å². The van der Waals surface area contributed by atoms with E-state index in [2.05, 4.69) is 55.2 Å². The highest BCUT2D eigenvalue weighted by Crippen LogP contribution is 2.45. The Labute approximate surface area is 157 Å². The third-order valence-electron chi connectivity index (χ3n) is 5.42. The van der Waals surface area contributed by atoms with Crippen LogP contribution in [-0.2, 0) is 5.41 Å². The number of aromatic hydroxyl groups is 1. The number of benzene rings is 2. The number of phenols is 1. The molecular weight excluding hydrogens is 320 g/mol. The van der Waals surface area contributed by atoms with Crippen molar-refractivity contribution in [3.63, 3.8) is 0 Å². The fourth-order valence-electron chi connectivity index (χ4n) is 4.06. The molecule has 0 saturated heterocycles. The second-order valence-electron chi connectivity index (χ2n) is 7.32. The standard InChI is InChI=1S/C24H28O2/c1-3-7-19(2)18-26-23-14-10-21(11-15-23)24(16-5-4-6-17-24)20-8-12-22(25)13-9-20/h8-15,19,25H,4-6,16-18H2,1-2H3. The third-order valence-corrected chi connectivity index (χ3v) is 5.42. The topological polar surface area (TPSA) is 29.5 Å². The average molecular weight is 348 g/mol. The average Bonchev–Trinajstić information content (AvgIpc) is 2.68. The lowest BCUT2D eigenvalue weighted by atomic mass is 9.65. The second kappa shape index (κ2) is 8.32. The van der Waals surface area contributed by atoms with Gasteiger partial charge in [-0.05, 0) is 62.1 Å². The summed E-state index contributed by atoms with van der Waals surface area (Å²) in [5.74, 6) is 7.51. The van der Waals surface area contributed by atoms with Crippen molar-refractivity contribution < 1.29 is 9.84 Å². The predicted molar refractivity (Wildman–Crippen MR) is 107 cm³/mol. The molecule has 0 aliphatic heterocycles. The van der Waals surface area contributed by atoms with Gasteiger partial charge in [0.1, 0.15) is 18.1 Å². The summed E-state index contributed by atoms with van der Waals surface area (Å²) in [4.78, 5) is 0. The van der Waals surface area contributed by atoms with Gasteiger partial charge in [0.05, 0.1) is 5.92 Å². The molecule has 1 N–H and O–H groups in total. The highest BCUT2D eigenvalue weighted by atomic mass is 16.5. The molecule has 0 spiro atoms. The van der Waals surface area contributed by atoms with Gasteiger partial charge in [0.2, 0.25) is 0 Å². The summed E-state index contributed by atoms with van der Waals surface area (Å²) in [6.07, 6.45) is 6.10. The molecule has 1 atom stereocenters. The van der Waals surface area contributed by atoms with E-state index in [1.54, 1.807) is 12.1 Å². The molecular formula is C24H28O2. The van der Waals surface area contributed by atoms with Crippen LogP contribution in [0.5, 0.6) is 11.5 Å². The highest BCUT2D eigenvalue weighted by Gasteiger charge is 2.35. The van der Waals surface area contributed by atoms with Crippen LogP contribution in [0.4, 0.5) is 0 Å². The van der Waals surface area contributed by atoms with Gasteiger partial charge < -0.3 is 9.84 Å². The third kappa shape index (κ3) is 4.05. The van der Waals surface area contributed by atoms with Gasteiger partial charge in [-0.3, -0.25) is 0 Å². The molecule has 1 aliphatic rings. The van der Waals surface area contributed by atoms with E-state index in [0.29, 0.717) is 12.4 Å². The smallest absolute Gasteiger partial charge is 0.119 e. The number of rotatable bonds is 5. The van der Waals surface area contributed by atoms with Crippen LogP contribution in [0.25, 0.3) is 0 Å². The zero-order valence-corrected chi connectivity index (χ0v) is 15.8. The van der Waals surface area contributed by atoms with E-state index in [9.17, 15) is 5.11 Å². The molecule has 0 aromatic heterocycles. The molecule has 0 bridgehead atoms. The monoisotopic (exact) mass is 348 g/mol. The minimum atomic E-state index is 0.0471. The predicted octanol–water partition coefficient (Wildman–Crippen LogP) is 5.68. The van der Waals surface area contributed by atoms with Crippen LogP contribution in [0.1, 0.15) is 57.1 Å². The number of hydrogen-bond acceptors (Lipinski definition) is 2. The van der Waals surface area contributed by atoms with Gasteiger partial charge >= 0.3 is 0 Å². The first-order valence-electron chi connectivity index (χ1n) is 9.59. The molecule has 1 fully saturated rings. The molecule has 136 valence electrons. The molecule has 0 radical (unpaired) electrons. The summed E-state index contributed by atoms with van der Waals surface area (Å²) in [7, 11) is 0. The Balaban J connectivity index is 1.83. The maximum atomic E-state index is 9.66. The van der Waals surface area contributed by atoms with Crippen LogP contribution >= 0.6 is 0 Å². The lowest BCUT2D eigenvalue weighted by Gasteiger charge is -2.38. The minimum Gasteiger partial charge on any atom is -0.508 e. The van der Waals surface area contributed by atoms with E-state index in [1.807, 2.05) is 6.92 Å². The van der Waals surface area contributed by atoms with Crippen LogP contribution in [-0.4, -0.2) is 11.7 Å². The molecule has 1 aliphatic carbocycles. The largest absolute Gasteiger partial charge is 0.508 e. The summed E-state index contributed by atoms with van der Waals surface area (Å²) < 4.78 is 5.88. The van der Waals surface area contributed by atoms with Crippen LogP contribution in [0.3, 0.4) is 0 Å². The fourth-order valence-corrected chi connectivity index (χ4v) is 4.06. The molecule has 3 rings (SSSR count). The molecule has 2 aromatic rings. The van der Waals surface area contributed by atoms with Crippen molar-refractivity contribution >= 4 is 0 Å². The molecule has 1 saturated carbocycles. The number of hydrogen-bond donors (Lipinski definition) is 1. The van der Waals surface area contributed by atoms with Gasteiger partial charge in [0.15, 0.2) is 0 Å². The SMILES string of the molecule is CC#CC(C)COc1ccc(C2(c3ccc(O)cc3)CCCCC2)cc1. The van der Waals surface area contributed by atoms with Crippen molar-refractivity contribution in [2.24, 2.45) is 5.92 Å². The van der Waals surface area contributed by atoms with Gasteiger partial charge in [-0.2, -0.15) is 0 Å². The Kier molecular flexibility index (Phi) is 5.89. The van der Waals surface area contributed by atoms with E-state index in [1.165, 1.54) is 30.4 Å². The van der Waals surface area contributed by atoms with Crippen molar-refractivity contribution in [2.75, 3.05) is 6.61 Å². The van der Waals surface area contributed by atoms with Crippen molar-refractivity contribution in [2.45, 2.75) is 51.4 Å². The zero-order valence-electron chi connectivity index (χ0n) is 15.8. The zero-order chi connectivity index (χ0) is 18.4. The Morgan fingerprint density at radius 2 is 1.54 bits per heavy atom. The normalized spacial score (nSPS) is 17.0. The maximum Gasteiger partial charge on any atom is 0.119 e. The van der Waals surface area contributed by atoms with Gasteiger partial charge in [-0.1, -0.05) is 49.4 Å². The molecule has 1 unspecified atom stereocenters. The van der Waals surface area contributed by atoms with Gasteiger partial charge in [-0.15, -0.1) is 5.92 Å². The van der Waals surface area contributed by atoms with E-state index in [0.717, 1.165) is 18.6 Å². The van der Waals surface area contributed by atoms with Gasteiger partial charge in [0, 0.05) is 5.41 Å². The molecule has 2 heteroatoms. The molecule has 2 aromatic carbocycles. The van der Waals surface area contributed by atoms with Crippen molar-refractivity contribution in [1.29, 1.82) is 0 Å². The summed E-state index contributed by atoms with van der Waals surface area (Å²) in [5, 5.41) is 9.66. The molecule has 2 nitrogen and oxygen atoms in total. The van der Waals surface area contributed by atoms with E-state index >= 15 is 0 Å². The quantitative estimate of drug-likeness (QED) is 0.704. The van der Waals surface area contributed by atoms with Crippen molar-refractivity contribution in [1.82, 2.24) is 0 Å². The van der Waals surface area contributed by atoms with Gasteiger partial charge in [-0.25, -0.2) is 0 Å². The first kappa shape index (κ1) is 18.4. The van der Waals surface area contributed by atoms with E-state index in [4.69, 9.17) is 4.74 Å². The second-order valence-corrected chi connectivity index (χ2v) is 7.32. The summed E-state index contributed by atoms with van der Waals surface area (Å²) in [6.45, 7) is 4.55. The fraction of sp³-hybridized carbons (Fsp3) is 0.417. The van der Waals surface area contributed by atoms with Crippen LogP contribution in [0.15, 0.2) is 48.5 Å². The van der Waals surface area contributed by atoms with Gasteiger partial charge in [0.25, 0.3) is 0 Å². The first-order chi connectivity index (χ1) is 12.6. The lowest BCUT2D eigenvalue weighted by Crippen LogP contribution is -2.30. The Hall–Kier alpha value is -2.40. The minimum absolute atomic E-state index is 0.0471. The molecule has 0 amide bonds. The van der Waals surface area contributed by atoms with Crippen molar-refractivity contribution in [3.05, 3.63) is 59.7 Å². The Morgan fingerprint density at radius 1 is 0.962 bits per heavy atom. The number of phenolic OH excluding ortho intramolecular Hbond substituents is 1. The summed E-state index contributed by atoms with van der Waals surface area (Å²) in [5.41, 5.74) is 2.69. The van der Waals surface area contributed by atoms with E-state index < -0.39 is 0 Å².